The van der Waals surface area contributed by atoms with Gasteiger partial charge in [-0.3, -0.25) is 4.72 Å². The van der Waals surface area contributed by atoms with Crippen LogP contribution >= 0.6 is 0 Å². The molecule has 4 nitrogen and oxygen atoms in total. The van der Waals surface area contributed by atoms with Crippen molar-refractivity contribution in [2.45, 2.75) is 25.8 Å². The van der Waals surface area contributed by atoms with Crippen LogP contribution in [0.25, 0.3) is 0 Å². The fourth-order valence-corrected chi connectivity index (χ4v) is 2.67. The zero-order valence-electron chi connectivity index (χ0n) is 10.1. The third kappa shape index (κ3) is 3.63. The molecule has 1 fully saturated rings. The van der Waals surface area contributed by atoms with Crippen LogP contribution in [0.5, 0.6) is 0 Å². The second-order valence-corrected chi connectivity index (χ2v) is 6.62. The molecule has 5 heteroatoms. The third-order valence-corrected chi connectivity index (χ3v) is 3.54. The Labute approximate surface area is 102 Å². The predicted molar refractivity (Wildman–Crippen MR) is 70.7 cm³/mol. The fraction of sp³-hybridized carbons (Fsp3) is 0.500. The molecule has 1 saturated carbocycles. The number of sulfonamides is 1. The second-order valence-electron chi connectivity index (χ2n) is 4.87. The summed E-state index contributed by atoms with van der Waals surface area (Å²) in [6.07, 6.45) is 3.57. The summed E-state index contributed by atoms with van der Waals surface area (Å²) in [6.45, 7) is 2.25. The molecule has 0 aromatic heterocycles. The molecule has 0 amide bonds. The van der Waals surface area contributed by atoms with Crippen molar-refractivity contribution >= 4 is 21.4 Å². The zero-order valence-corrected chi connectivity index (χ0v) is 10.9. The predicted octanol–water partition coefficient (Wildman–Crippen LogP) is 2.27. The highest BCUT2D eigenvalue weighted by Crippen LogP contribution is 2.29. The van der Waals surface area contributed by atoms with Crippen LogP contribution in [0, 0.1) is 5.92 Å². The van der Waals surface area contributed by atoms with Gasteiger partial charge in [-0.1, -0.05) is 6.92 Å². The van der Waals surface area contributed by atoms with Gasteiger partial charge in [0.1, 0.15) is 0 Å². The highest BCUT2D eigenvalue weighted by molar-refractivity contribution is 7.92. The first-order valence-electron chi connectivity index (χ1n) is 5.77. The highest BCUT2D eigenvalue weighted by Gasteiger charge is 2.24. The van der Waals surface area contributed by atoms with E-state index in [4.69, 9.17) is 0 Å². The van der Waals surface area contributed by atoms with Crippen molar-refractivity contribution in [3.63, 3.8) is 0 Å². The van der Waals surface area contributed by atoms with Crippen LogP contribution in [-0.4, -0.2) is 20.7 Å². The lowest BCUT2D eigenvalue weighted by molar-refractivity contribution is 0.309. The van der Waals surface area contributed by atoms with Gasteiger partial charge in [-0.2, -0.15) is 0 Å². The number of rotatable bonds is 4. The minimum absolute atomic E-state index is 0.568. The van der Waals surface area contributed by atoms with Crippen LogP contribution in [0.4, 0.5) is 11.4 Å². The summed E-state index contributed by atoms with van der Waals surface area (Å²) in [5, 5.41) is 3.42. The van der Waals surface area contributed by atoms with Gasteiger partial charge in [0.25, 0.3) is 0 Å². The van der Waals surface area contributed by atoms with Crippen LogP contribution in [0.3, 0.4) is 0 Å². The summed E-state index contributed by atoms with van der Waals surface area (Å²) in [4.78, 5) is 0. The first kappa shape index (κ1) is 12.2. The van der Waals surface area contributed by atoms with E-state index in [1.807, 2.05) is 12.1 Å². The molecule has 1 aliphatic rings. The molecule has 0 radical (unpaired) electrons. The molecule has 1 aromatic carbocycles. The SMILES string of the molecule is CC1CC(Nc2ccc(NS(C)(=O)=O)cc2)C1. The number of anilines is 2. The van der Waals surface area contributed by atoms with Gasteiger partial charge in [0.15, 0.2) is 0 Å². The summed E-state index contributed by atoms with van der Waals surface area (Å²) in [7, 11) is -3.18. The summed E-state index contributed by atoms with van der Waals surface area (Å²) in [5.74, 6) is 0.818. The van der Waals surface area contributed by atoms with Gasteiger partial charge in [0, 0.05) is 17.4 Å². The molecule has 2 N–H and O–H groups in total. The molecular formula is C12H18N2O2S. The van der Waals surface area contributed by atoms with Crippen LogP contribution in [0.1, 0.15) is 19.8 Å². The Bertz CT molecular complexity index is 476. The highest BCUT2D eigenvalue weighted by atomic mass is 32.2. The largest absolute Gasteiger partial charge is 0.382 e. The van der Waals surface area contributed by atoms with Crippen LogP contribution in [-0.2, 0) is 10.0 Å². The van der Waals surface area contributed by atoms with Gasteiger partial charge in [-0.25, -0.2) is 8.42 Å². The monoisotopic (exact) mass is 254 g/mol. The maximum absolute atomic E-state index is 11.0. The van der Waals surface area contributed by atoms with E-state index in [0.717, 1.165) is 17.9 Å². The molecule has 17 heavy (non-hydrogen) atoms. The Hall–Kier alpha value is -1.23. The van der Waals surface area contributed by atoms with E-state index in [9.17, 15) is 8.42 Å². The van der Waals surface area contributed by atoms with E-state index in [-0.39, 0.29) is 0 Å². The molecule has 94 valence electrons. The van der Waals surface area contributed by atoms with E-state index in [0.29, 0.717) is 11.7 Å². The van der Waals surface area contributed by atoms with Crippen molar-refractivity contribution in [1.82, 2.24) is 0 Å². The summed E-state index contributed by atoms with van der Waals surface area (Å²) in [6, 6.07) is 7.91. The van der Waals surface area contributed by atoms with Crippen molar-refractivity contribution in [3.8, 4) is 0 Å². The summed E-state index contributed by atoms with van der Waals surface area (Å²) in [5.41, 5.74) is 1.64. The van der Waals surface area contributed by atoms with Crippen LogP contribution in [0.15, 0.2) is 24.3 Å². The van der Waals surface area contributed by atoms with Gasteiger partial charge in [0.2, 0.25) is 10.0 Å². The normalized spacial score (nSPS) is 23.9. The molecule has 0 saturated heterocycles. The lowest BCUT2D eigenvalue weighted by Crippen LogP contribution is -2.33. The number of benzene rings is 1. The van der Waals surface area contributed by atoms with Crippen molar-refractivity contribution in [3.05, 3.63) is 24.3 Å². The molecule has 2 rings (SSSR count). The molecule has 0 atom stereocenters. The van der Waals surface area contributed by atoms with Gasteiger partial charge in [0.05, 0.1) is 6.26 Å². The first-order chi connectivity index (χ1) is 7.92. The maximum atomic E-state index is 11.0. The first-order valence-corrected chi connectivity index (χ1v) is 7.66. The molecule has 1 aliphatic carbocycles. The average molecular weight is 254 g/mol. The molecule has 0 unspecified atom stereocenters. The van der Waals surface area contributed by atoms with E-state index >= 15 is 0 Å². The van der Waals surface area contributed by atoms with Crippen molar-refractivity contribution < 1.29 is 8.42 Å². The number of nitrogens with one attached hydrogen (secondary N) is 2. The Kier molecular flexibility index (Phi) is 3.28. The Morgan fingerprint density at radius 2 is 1.65 bits per heavy atom. The van der Waals surface area contributed by atoms with Crippen molar-refractivity contribution in [1.29, 1.82) is 0 Å². The third-order valence-electron chi connectivity index (χ3n) is 2.93. The zero-order chi connectivity index (χ0) is 12.5. The van der Waals surface area contributed by atoms with E-state index < -0.39 is 10.0 Å². The summed E-state index contributed by atoms with van der Waals surface area (Å²) < 4.78 is 24.5. The van der Waals surface area contributed by atoms with Gasteiger partial charge in [-0.15, -0.1) is 0 Å². The minimum Gasteiger partial charge on any atom is -0.382 e. The average Bonchev–Trinajstić information content (AvgIpc) is 2.16. The van der Waals surface area contributed by atoms with E-state index in [2.05, 4.69) is 17.0 Å². The standard InChI is InChI=1S/C12H18N2O2S/c1-9-7-12(8-9)13-10-3-5-11(6-4-10)14-17(2,15)16/h3-6,9,12-14H,7-8H2,1-2H3. The number of hydrogen-bond donors (Lipinski definition) is 2. The van der Waals surface area contributed by atoms with E-state index in [1.54, 1.807) is 12.1 Å². The lowest BCUT2D eigenvalue weighted by atomic mass is 9.82. The Morgan fingerprint density at radius 1 is 1.12 bits per heavy atom. The van der Waals surface area contributed by atoms with Crippen LogP contribution < -0.4 is 10.0 Å². The van der Waals surface area contributed by atoms with Gasteiger partial charge >= 0.3 is 0 Å². The molecule has 0 spiro atoms. The van der Waals surface area contributed by atoms with E-state index in [1.165, 1.54) is 12.8 Å². The van der Waals surface area contributed by atoms with Crippen LogP contribution in [0.2, 0.25) is 0 Å². The topological polar surface area (TPSA) is 58.2 Å². The van der Waals surface area contributed by atoms with Gasteiger partial charge in [-0.05, 0) is 43.0 Å². The van der Waals surface area contributed by atoms with Gasteiger partial charge < -0.3 is 5.32 Å². The second kappa shape index (κ2) is 4.56. The molecule has 1 aromatic rings. The minimum atomic E-state index is -3.18. The fourth-order valence-electron chi connectivity index (χ4n) is 2.10. The molecule has 0 bridgehead atoms. The van der Waals surface area contributed by atoms with Crippen molar-refractivity contribution in [2.75, 3.05) is 16.3 Å². The molecule has 0 heterocycles. The smallest absolute Gasteiger partial charge is 0.229 e. The Balaban J connectivity index is 1.94. The quantitative estimate of drug-likeness (QED) is 0.866. The van der Waals surface area contributed by atoms with Crippen molar-refractivity contribution in [2.24, 2.45) is 5.92 Å². The maximum Gasteiger partial charge on any atom is 0.229 e. The molecule has 0 aliphatic heterocycles. The number of hydrogen-bond acceptors (Lipinski definition) is 3. The molecular weight excluding hydrogens is 236 g/mol. The lowest BCUT2D eigenvalue weighted by Gasteiger charge is -2.34. The Morgan fingerprint density at radius 3 is 2.12 bits per heavy atom. The summed E-state index contributed by atoms with van der Waals surface area (Å²) >= 11 is 0.